The van der Waals surface area contributed by atoms with Crippen molar-refractivity contribution in [1.82, 2.24) is 9.78 Å². The average molecular weight is 382 g/mol. The fourth-order valence-electron chi connectivity index (χ4n) is 3.20. The average Bonchev–Trinajstić information content (AvgIpc) is 3.07. The zero-order chi connectivity index (χ0) is 20.3. The highest BCUT2D eigenvalue weighted by atomic mass is 19.1. The van der Waals surface area contributed by atoms with Crippen molar-refractivity contribution in [3.8, 4) is 11.8 Å². The summed E-state index contributed by atoms with van der Waals surface area (Å²) in [6.45, 7) is 0.841. The van der Waals surface area contributed by atoms with E-state index in [4.69, 9.17) is 15.7 Å². The van der Waals surface area contributed by atoms with E-state index in [9.17, 15) is 14.0 Å². The molecule has 8 heteroatoms. The molecule has 3 rings (SSSR count). The van der Waals surface area contributed by atoms with Crippen LogP contribution in [0.2, 0.25) is 0 Å². The molecule has 2 N–H and O–H groups in total. The number of hydrogen-bond donors (Lipinski definition) is 1. The number of nitriles is 1. The third-order valence-electron chi connectivity index (χ3n) is 4.56. The molecule has 1 aliphatic rings. The molecule has 0 saturated carbocycles. The van der Waals surface area contributed by atoms with Crippen molar-refractivity contribution in [1.29, 1.82) is 5.26 Å². The number of rotatable bonds is 5. The summed E-state index contributed by atoms with van der Waals surface area (Å²) in [7, 11) is 0. The molecule has 1 heterocycles. The quantitative estimate of drug-likeness (QED) is 0.483. The Labute approximate surface area is 161 Å². The van der Waals surface area contributed by atoms with E-state index in [0.717, 1.165) is 30.5 Å². The van der Waals surface area contributed by atoms with Gasteiger partial charge < -0.3 is 10.5 Å². The van der Waals surface area contributed by atoms with Crippen LogP contribution in [0.5, 0.6) is 0 Å². The minimum atomic E-state index is -0.737. The summed E-state index contributed by atoms with van der Waals surface area (Å²) in [6.07, 6.45) is 3.27. The first-order valence-corrected chi connectivity index (χ1v) is 8.86. The first kappa shape index (κ1) is 19.3. The Kier molecular flexibility index (Phi) is 5.54. The van der Waals surface area contributed by atoms with Crippen LogP contribution in [0.15, 0.2) is 35.5 Å². The Morgan fingerprint density at radius 2 is 1.96 bits per heavy atom. The topological polar surface area (TPSA) is 111 Å². The predicted molar refractivity (Wildman–Crippen MR) is 98.0 cm³/mol. The first-order chi connectivity index (χ1) is 13.4. The maximum absolute atomic E-state index is 13.2. The zero-order valence-corrected chi connectivity index (χ0v) is 15.4. The van der Waals surface area contributed by atoms with Gasteiger partial charge in [0.25, 0.3) is 0 Å². The Morgan fingerprint density at radius 3 is 2.61 bits per heavy atom. The number of carbonyl (C=O) groups is 2. The van der Waals surface area contributed by atoms with Crippen LogP contribution >= 0.6 is 0 Å². The van der Waals surface area contributed by atoms with Crippen LogP contribution in [0.4, 0.5) is 4.39 Å². The Morgan fingerprint density at radius 1 is 1.29 bits per heavy atom. The highest BCUT2D eigenvalue weighted by Crippen LogP contribution is 2.27. The summed E-state index contributed by atoms with van der Waals surface area (Å²) in [6, 6.07) is 7.54. The van der Waals surface area contributed by atoms with Crippen molar-refractivity contribution in [3.63, 3.8) is 0 Å². The number of carbonyl (C=O) groups excluding carboxylic acids is 2. The molecule has 0 atom stereocenters. The second kappa shape index (κ2) is 8.05. The Balaban J connectivity index is 1.87. The SMILES string of the molecule is CC(N)=C(C#N)C(=O)COC(=O)c1nn(-c2ccc(F)cc2)c2c1CCCC2. The van der Waals surface area contributed by atoms with Crippen molar-refractivity contribution >= 4 is 11.8 Å². The largest absolute Gasteiger partial charge is 0.452 e. The molecule has 1 aliphatic carbocycles. The van der Waals surface area contributed by atoms with Gasteiger partial charge in [-0.15, -0.1) is 0 Å². The van der Waals surface area contributed by atoms with Crippen LogP contribution < -0.4 is 5.73 Å². The van der Waals surface area contributed by atoms with Gasteiger partial charge in [0.2, 0.25) is 5.78 Å². The van der Waals surface area contributed by atoms with Crippen LogP contribution in [0.1, 0.15) is 41.5 Å². The molecule has 1 aromatic heterocycles. The van der Waals surface area contributed by atoms with Gasteiger partial charge in [0, 0.05) is 17.0 Å². The maximum atomic E-state index is 13.2. The lowest BCUT2D eigenvalue weighted by molar-refractivity contribution is -0.118. The summed E-state index contributed by atoms with van der Waals surface area (Å²) >= 11 is 0. The van der Waals surface area contributed by atoms with Gasteiger partial charge in [0.05, 0.1) is 5.69 Å². The summed E-state index contributed by atoms with van der Waals surface area (Å²) in [5.74, 6) is -1.76. The number of nitrogens with zero attached hydrogens (tertiary/aromatic N) is 3. The van der Waals surface area contributed by atoms with Crippen LogP contribution in [-0.4, -0.2) is 28.1 Å². The number of ketones is 1. The third kappa shape index (κ3) is 3.78. The molecule has 0 aliphatic heterocycles. The monoisotopic (exact) mass is 382 g/mol. The summed E-state index contributed by atoms with van der Waals surface area (Å²) in [4.78, 5) is 24.6. The fraction of sp³-hybridized carbons (Fsp3) is 0.300. The molecule has 144 valence electrons. The number of ether oxygens (including phenoxy) is 1. The first-order valence-electron chi connectivity index (χ1n) is 8.86. The lowest BCUT2D eigenvalue weighted by Crippen LogP contribution is -2.19. The lowest BCUT2D eigenvalue weighted by Gasteiger charge is -2.14. The number of aromatic nitrogens is 2. The number of fused-ring (bicyclic) bond motifs is 1. The number of esters is 1. The highest BCUT2D eigenvalue weighted by Gasteiger charge is 2.27. The van der Waals surface area contributed by atoms with E-state index in [0.29, 0.717) is 12.1 Å². The van der Waals surface area contributed by atoms with Crippen molar-refractivity contribution in [2.45, 2.75) is 32.6 Å². The van der Waals surface area contributed by atoms with Crippen molar-refractivity contribution in [2.24, 2.45) is 5.73 Å². The molecular weight excluding hydrogens is 363 g/mol. The minimum Gasteiger partial charge on any atom is -0.452 e. The predicted octanol–water partition coefficient (Wildman–Crippen LogP) is 2.37. The number of halogens is 1. The summed E-state index contributed by atoms with van der Waals surface area (Å²) < 4.78 is 19.9. The zero-order valence-electron chi connectivity index (χ0n) is 15.4. The molecule has 7 nitrogen and oxygen atoms in total. The second-order valence-corrected chi connectivity index (χ2v) is 6.54. The van der Waals surface area contributed by atoms with Crippen molar-refractivity contribution in [2.75, 3.05) is 6.61 Å². The van der Waals surface area contributed by atoms with E-state index >= 15 is 0 Å². The van der Waals surface area contributed by atoms with Crippen LogP contribution in [0.3, 0.4) is 0 Å². The normalized spacial score (nSPS) is 13.9. The maximum Gasteiger partial charge on any atom is 0.359 e. The minimum absolute atomic E-state index is 0.0708. The molecule has 0 amide bonds. The highest BCUT2D eigenvalue weighted by molar-refractivity contribution is 6.02. The van der Waals surface area contributed by atoms with Gasteiger partial charge in [-0.2, -0.15) is 10.4 Å². The van der Waals surface area contributed by atoms with E-state index in [2.05, 4.69) is 5.10 Å². The lowest BCUT2D eigenvalue weighted by atomic mass is 9.95. The molecule has 0 saturated heterocycles. The smallest absolute Gasteiger partial charge is 0.359 e. The molecule has 1 aromatic carbocycles. The number of allylic oxidation sites excluding steroid dienone is 1. The van der Waals surface area contributed by atoms with Crippen LogP contribution in [0, 0.1) is 17.1 Å². The molecule has 0 unspecified atom stereocenters. The van der Waals surface area contributed by atoms with E-state index < -0.39 is 18.4 Å². The van der Waals surface area contributed by atoms with Gasteiger partial charge in [-0.25, -0.2) is 13.9 Å². The third-order valence-corrected chi connectivity index (χ3v) is 4.56. The van der Waals surface area contributed by atoms with E-state index in [-0.39, 0.29) is 22.8 Å². The van der Waals surface area contributed by atoms with E-state index in [1.807, 2.05) is 0 Å². The van der Waals surface area contributed by atoms with Gasteiger partial charge in [-0.05, 0) is 56.9 Å². The fourth-order valence-corrected chi connectivity index (χ4v) is 3.20. The van der Waals surface area contributed by atoms with Gasteiger partial charge in [-0.1, -0.05) is 0 Å². The van der Waals surface area contributed by atoms with Crippen molar-refractivity contribution < 1.29 is 18.7 Å². The number of Topliss-reactive ketones (excluding diaryl/α,β-unsaturated/α-hetero) is 1. The van der Waals surface area contributed by atoms with Crippen LogP contribution in [-0.2, 0) is 22.4 Å². The standard InChI is InChI=1S/C20H19FN4O3/c1-12(23)16(10-22)18(26)11-28-20(27)19-15-4-2-3-5-17(15)25(24-19)14-8-6-13(21)7-9-14/h6-9H,2-5,11,23H2,1H3. The molecule has 0 spiro atoms. The second-order valence-electron chi connectivity index (χ2n) is 6.54. The van der Waals surface area contributed by atoms with Crippen molar-refractivity contribution in [3.05, 3.63) is 58.3 Å². The Hall–Kier alpha value is -3.47. The van der Waals surface area contributed by atoms with Gasteiger partial charge >= 0.3 is 5.97 Å². The van der Waals surface area contributed by atoms with Crippen LogP contribution in [0.25, 0.3) is 5.69 Å². The number of hydrogen-bond acceptors (Lipinski definition) is 6. The molecule has 0 radical (unpaired) electrons. The van der Waals surface area contributed by atoms with E-state index in [1.165, 1.54) is 19.1 Å². The molecule has 2 aromatic rings. The molecular formula is C20H19FN4O3. The number of benzene rings is 1. The molecule has 0 fully saturated rings. The molecule has 0 bridgehead atoms. The summed E-state index contributed by atoms with van der Waals surface area (Å²) in [5, 5.41) is 13.3. The molecule has 28 heavy (non-hydrogen) atoms. The van der Waals surface area contributed by atoms with Gasteiger partial charge in [0.15, 0.2) is 12.3 Å². The number of nitrogens with two attached hydrogens (primary N) is 1. The summed E-state index contributed by atoms with van der Waals surface area (Å²) in [5.41, 5.74) is 7.77. The van der Waals surface area contributed by atoms with Gasteiger partial charge in [-0.3, -0.25) is 4.79 Å². The Bertz CT molecular complexity index is 996. The van der Waals surface area contributed by atoms with E-state index in [1.54, 1.807) is 22.9 Å². The van der Waals surface area contributed by atoms with Gasteiger partial charge in [0.1, 0.15) is 17.5 Å².